The highest BCUT2D eigenvalue weighted by Crippen LogP contribution is 2.30. The summed E-state index contributed by atoms with van der Waals surface area (Å²) in [5.74, 6) is -0.104. The second-order valence-electron chi connectivity index (χ2n) is 6.94. The second kappa shape index (κ2) is 7.64. The normalized spacial score (nSPS) is 13.3. The molecule has 0 saturated heterocycles. The molecule has 0 spiro atoms. The predicted molar refractivity (Wildman–Crippen MR) is 106 cm³/mol. The second-order valence-corrected chi connectivity index (χ2v) is 6.94. The van der Waals surface area contributed by atoms with E-state index >= 15 is 0 Å². The number of hydrogen-bond donors (Lipinski definition) is 2. The SMILES string of the molecule is O=C(Cn1cnc2ccccc2c1=O)NCc1cccc(NC(=O)C2CC2)c1. The number of fused-ring (bicyclic) bond motifs is 1. The van der Waals surface area contributed by atoms with E-state index in [0.29, 0.717) is 17.4 Å². The lowest BCUT2D eigenvalue weighted by molar-refractivity contribution is -0.122. The van der Waals surface area contributed by atoms with E-state index in [1.807, 2.05) is 30.3 Å². The highest BCUT2D eigenvalue weighted by molar-refractivity contribution is 5.94. The molecule has 2 amide bonds. The molecule has 0 radical (unpaired) electrons. The molecule has 1 aliphatic carbocycles. The van der Waals surface area contributed by atoms with Gasteiger partial charge >= 0.3 is 0 Å². The summed E-state index contributed by atoms with van der Waals surface area (Å²) in [6.07, 6.45) is 3.29. The molecule has 1 fully saturated rings. The van der Waals surface area contributed by atoms with E-state index in [0.717, 1.165) is 24.1 Å². The molecule has 0 aliphatic heterocycles. The van der Waals surface area contributed by atoms with Crippen molar-refractivity contribution in [3.05, 3.63) is 70.8 Å². The number of hydrogen-bond acceptors (Lipinski definition) is 4. The maximum absolute atomic E-state index is 12.4. The Morgan fingerprint density at radius 3 is 2.75 bits per heavy atom. The van der Waals surface area contributed by atoms with Crippen LogP contribution in [0.1, 0.15) is 18.4 Å². The van der Waals surface area contributed by atoms with Crippen LogP contribution in [0.4, 0.5) is 5.69 Å². The van der Waals surface area contributed by atoms with Crippen molar-refractivity contribution in [3.8, 4) is 0 Å². The molecule has 0 atom stereocenters. The quantitative estimate of drug-likeness (QED) is 0.689. The Labute approximate surface area is 161 Å². The van der Waals surface area contributed by atoms with Gasteiger partial charge in [0.05, 0.1) is 17.2 Å². The molecule has 1 heterocycles. The third-order valence-corrected chi connectivity index (χ3v) is 4.68. The summed E-state index contributed by atoms with van der Waals surface area (Å²) in [4.78, 5) is 40.8. The van der Waals surface area contributed by atoms with E-state index in [4.69, 9.17) is 0 Å². The molecule has 1 aliphatic rings. The summed E-state index contributed by atoms with van der Waals surface area (Å²) in [6.45, 7) is 0.205. The van der Waals surface area contributed by atoms with Crippen LogP contribution in [0.15, 0.2) is 59.7 Å². The molecule has 7 nitrogen and oxygen atoms in total. The van der Waals surface area contributed by atoms with E-state index in [1.54, 1.807) is 18.2 Å². The molecule has 7 heteroatoms. The van der Waals surface area contributed by atoms with E-state index in [2.05, 4.69) is 15.6 Å². The molecular weight excluding hydrogens is 356 g/mol. The Hall–Kier alpha value is -3.48. The van der Waals surface area contributed by atoms with Crippen LogP contribution in [0, 0.1) is 5.92 Å². The number of benzene rings is 2. The van der Waals surface area contributed by atoms with E-state index in [1.165, 1.54) is 10.9 Å². The molecule has 0 unspecified atom stereocenters. The van der Waals surface area contributed by atoms with Crippen molar-refractivity contribution in [2.75, 3.05) is 5.32 Å². The molecule has 142 valence electrons. The Morgan fingerprint density at radius 1 is 1.11 bits per heavy atom. The fourth-order valence-corrected chi connectivity index (χ4v) is 2.98. The first-order valence-electron chi connectivity index (χ1n) is 9.21. The van der Waals surface area contributed by atoms with Crippen LogP contribution >= 0.6 is 0 Å². The highest BCUT2D eigenvalue weighted by atomic mass is 16.2. The number of carbonyl (C=O) groups excluding carboxylic acids is 2. The molecule has 28 heavy (non-hydrogen) atoms. The number of anilines is 1. The molecule has 4 rings (SSSR count). The minimum atomic E-state index is -0.286. The fraction of sp³-hybridized carbons (Fsp3) is 0.238. The maximum atomic E-state index is 12.4. The maximum Gasteiger partial charge on any atom is 0.261 e. The Kier molecular flexibility index (Phi) is 4.89. The zero-order chi connectivity index (χ0) is 19.5. The van der Waals surface area contributed by atoms with Gasteiger partial charge in [-0.3, -0.25) is 19.0 Å². The van der Waals surface area contributed by atoms with Crippen LogP contribution < -0.4 is 16.2 Å². The first-order valence-corrected chi connectivity index (χ1v) is 9.21. The summed E-state index contributed by atoms with van der Waals surface area (Å²) in [6, 6.07) is 14.4. The van der Waals surface area contributed by atoms with Crippen molar-refractivity contribution in [2.45, 2.75) is 25.9 Å². The Morgan fingerprint density at radius 2 is 1.93 bits per heavy atom. The van der Waals surface area contributed by atoms with Crippen LogP contribution in [-0.2, 0) is 22.7 Å². The third-order valence-electron chi connectivity index (χ3n) is 4.68. The molecule has 2 aromatic carbocycles. The van der Waals surface area contributed by atoms with Gasteiger partial charge in [-0.1, -0.05) is 24.3 Å². The largest absolute Gasteiger partial charge is 0.350 e. The average molecular weight is 376 g/mol. The van der Waals surface area contributed by atoms with E-state index in [-0.39, 0.29) is 29.8 Å². The number of nitrogens with one attached hydrogen (secondary N) is 2. The molecular formula is C21H20N4O3. The van der Waals surface area contributed by atoms with Gasteiger partial charge < -0.3 is 10.6 Å². The molecule has 0 bridgehead atoms. The summed E-state index contributed by atoms with van der Waals surface area (Å²) in [5, 5.41) is 6.17. The van der Waals surface area contributed by atoms with Gasteiger partial charge in [0.15, 0.2) is 0 Å². The zero-order valence-corrected chi connectivity index (χ0v) is 15.2. The minimum absolute atomic E-state index is 0.0457. The van der Waals surface area contributed by atoms with Crippen molar-refractivity contribution in [3.63, 3.8) is 0 Å². The molecule has 1 aromatic heterocycles. The summed E-state index contributed by atoms with van der Waals surface area (Å²) >= 11 is 0. The Bertz CT molecular complexity index is 1100. The third kappa shape index (κ3) is 4.09. The van der Waals surface area contributed by atoms with Crippen LogP contribution in [0.25, 0.3) is 10.9 Å². The molecule has 2 N–H and O–H groups in total. The monoisotopic (exact) mass is 376 g/mol. The summed E-state index contributed by atoms with van der Waals surface area (Å²) < 4.78 is 1.30. The van der Waals surface area contributed by atoms with Gasteiger partial charge in [-0.05, 0) is 42.7 Å². The van der Waals surface area contributed by atoms with Crippen molar-refractivity contribution >= 4 is 28.4 Å². The lowest BCUT2D eigenvalue weighted by Gasteiger charge is -2.10. The number of rotatable bonds is 6. The number of carbonyl (C=O) groups is 2. The summed E-state index contributed by atoms with van der Waals surface area (Å²) in [5.41, 5.74) is 1.95. The van der Waals surface area contributed by atoms with Crippen molar-refractivity contribution in [1.82, 2.24) is 14.9 Å². The lowest BCUT2D eigenvalue weighted by Crippen LogP contribution is -2.32. The number of aromatic nitrogens is 2. The van der Waals surface area contributed by atoms with Crippen molar-refractivity contribution < 1.29 is 9.59 Å². The topological polar surface area (TPSA) is 93.1 Å². The van der Waals surface area contributed by atoms with Crippen LogP contribution in [-0.4, -0.2) is 21.4 Å². The Balaban J connectivity index is 1.37. The first kappa shape index (κ1) is 17.9. The van der Waals surface area contributed by atoms with Crippen LogP contribution in [0.5, 0.6) is 0 Å². The fourth-order valence-electron chi connectivity index (χ4n) is 2.98. The summed E-state index contributed by atoms with van der Waals surface area (Å²) in [7, 11) is 0. The van der Waals surface area contributed by atoms with Gasteiger partial charge in [0.2, 0.25) is 11.8 Å². The smallest absolute Gasteiger partial charge is 0.261 e. The number of amides is 2. The van der Waals surface area contributed by atoms with Crippen molar-refractivity contribution in [2.24, 2.45) is 5.92 Å². The number of nitrogens with zero attached hydrogens (tertiary/aromatic N) is 2. The van der Waals surface area contributed by atoms with Gasteiger partial charge in [0, 0.05) is 18.2 Å². The molecule has 1 saturated carbocycles. The predicted octanol–water partition coefficient (Wildman–Crippen LogP) is 2.06. The standard InChI is InChI=1S/C21H20N4O3/c26-19(12-25-13-23-18-7-2-1-6-17(18)21(25)28)22-11-14-4-3-5-16(10-14)24-20(27)15-8-9-15/h1-7,10,13,15H,8-9,11-12H2,(H,22,26)(H,24,27). The minimum Gasteiger partial charge on any atom is -0.350 e. The van der Waals surface area contributed by atoms with Crippen LogP contribution in [0.3, 0.4) is 0 Å². The van der Waals surface area contributed by atoms with Gasteiger partial charge in [-0.15, -0.1) is 0 Å². The van der Waals surface area contributed by atoms with Gasteiger partial charge in [-0.2, -0.15) is 0 Å². The highest BCUT2D eigenvalue weighted by Gasteiger charge is 2.29. The first-order chi connectivity index (χ1) is 13.6. The van der Waals surface area contributed by atoms with Gasteiger partial charge in [0.25, 0.3) is 5.56 Å². The molecule has 3 aromatic rings. The average Bonchev–Trinajstić information content (AvgIpc) is 3.55. The zero-order valence-electron chi connectivity index (χ0n) is 15.2. The van der Waals surface area contributed by atoms with E-state index < -0.39 is 0 Å². The van der Waals surface area contributed by atoms with Gasteiger partial charge in [0.1, 0.15) is 6.54 Å². The van der Waals surface area contributed by atoms with Crippen LogP contribution in [0.2, 0.25) is 0 Å². The van der Waals surface area contributed by atoms with Crippen molar-refractivity contribution in [1.29, 1.82) is 0 Å². The number of para-hydroxylation sites is 1. The van der Waals surface area contributed by atoms with Gasteiger partial charge in [-0.25, -0.2) is 4.98 Å². The van der Waals surface area contributed by atoms with E-state index in [9.17, 15) is 14.4 Å². The lowest BCUT2D eigenvalue weighted by atomic mass is 10.2.